The molecule has 0 amide bonds. The van der Waals surface area contributed by atoms with Gasteiger partial charge in [-0.3, -0.25) is 0 Å². The largest absolute Gasteiger partial charge is 0.353 e. The third-order valence-corrected chi connectivity index (χ3v) is 7.27. The smallest absolute Gasteiger partial charge is 0.246 e. The van der Waals surface area contributed by atoms with Gasteiger partial charge in [0.2, 0.25) is 10.0 Å². The first kappa shape index (κ1) is 19.6. The SMILES string of the molecule is O=S(=O)(c1ccccc1F)N1CCN(c2ncnc3c2cnn3-c2ccccc2)CC1. The average Bonchev–Trinajstić information content (AvgIpc) is 3.24. The van der Waals surface area contributed by atoms with Crippen LogP contribution in [-0.4, -0.2) is 58.7 Å². The van der Waals surface area contributed by atoms with Crippen molar-refractivity contribution in [1.29, 1.82) is 0 Å². The van der Waals surface area contributed by atoms with Gasteiger partial charge in [-0.1, -0.05) is 30.3 Å². The summed E-state index contributed by atoms with van der Waals surface area (Å²) in [7, 11) is -3.89. The second kappa shape index (κ2) is 7.71. The molecule has 0 unspecified atom stereocenters. The van der Waals surface area contributed by atoms with Gasteiger partial charge in [-0.25, -0.2) is 27.5 Å². The summed E-state index contributed by atoms with van der Waals surface area (Å²) in [5, 5.41) is 5.25. The van der Waals surface area contributed by atoms with E-state index in [1.165, 1.54) is 28.8 Å². The van der Waals surface area contributed by atoms with Crippen LogP contribution in [0.1, 0.15) is 0 Å². The predicted molar refractivity (Wildman–Crippen MR) is 114 cm³/mol. The molecule has 158 valence electrons. The maximum Gasteiger partial charge on any atom is 0.246 e. The monoisotopic (exact) mass is 438 g/mol. The topological polar surface area (TPSA) is 84.2 Å². The maximum atomic E-state index is 14.1. The van der Waals surface area contributed by atoms with Crippen LogP contribution in [-0.2, 0) is 10.0 Å². The maximum absolute atomic E-state index is 14.1. The molecule has 10 heteroatoms. The Bertz CT molecular complexity index is 1330. The number of rotatable bonds is 4. The Kier molecular flexibility index (Phi) is 4.87. The first-order chi connectivity index (χ1) is 15.1. The normalized spacial score (nSPS) is 15.5. The van der Waals surface area contributed by atoms with Crippen molar-refractivity contribution < 1.29 is 12.8 Å². The summed E-state index contributed by atoms with van der Waals surface area (Å²) in [6, 6.07) is 15.1. The third kappa shape index (κ3) is 3.43. The number of nitrogens with zero attached hydrogens (tertiary/aromatic N) is 6. The zero-order chi connectivity index (χ0) is 21.4. The Morgan fingerprint density at radius 3 is 2.32 bits per heavy atom. The van der Waals surface area contributed by atoms with Crippen molar-refractivity contribution in [3.05, 3.63) is 72.9 Å². The first-order valence-corrected chi connectivity index (χ1v) is 11.2. The summed E-state index contributed by atoms with van der Waals surface area (Å²) >= 11 is 0. The van der Waals surface area contributed by atoms with E-state index in [-0.39, 0.29) is 18.0 Å². The molecule has 1 aliphatic rings. The van der Waals surface area contributed by atoms with Crippen LogP contribution in [0.4, 0.5) is 10.2 Å². The van der Waals surface area contributed by atoms with Gasteiger partial charge >= 0.3 is 0 Å². The Hall–Kier alpha value is -3.37. The molecule has 2 aromatic heterocycles. The Morgan fingerprint density at radius 1 is 0.871 bits per heavy atom. The lowest BCUT2D eigenvalue weighted by molar-refractivity contribution is 0.381. The van der Waals surface area contributed by atoms with Gasteiger partial charge in [0.05, 0.1) is 17.3 Å². The first-order valence-electron chi connectivity index (χ1n) is 9.79. The highest BCUT2D eigenvalue weighted by Crippen LogP contribution is 2.27. The van der Waals surface area contributed by atoms with Crippen LogP contribution in [0.5, 0.6) is 0 Å². The number of piperazine rings is 1. The van der Waals surface area contributed by atoms with E-state index in [1.807, 2.05) is 35.2 Å². The molecule has 8 nitrogen and oxygen atoms in total. The van der Waals surface area contributed by atoms with Gasteiger partial charge in [0.15, 0.2) is 5.65 Å². The van der Waals surface area contributed by atoms with Crippen molar-refractivity contribution in [2.24, 2.45) is 0 Å². The van der Waals surface area contributed by atoms with Gasteiger partial charge in [-0.15, -0.1) is 0 Å². The van der Waals surface area contributed by atoms with E-state index in [0.717, 1.165) is 17.1 Å². The van der Waals surface area contributed by atoms with Crippen molar-refractivity contribution in [2.45, 2.75) is 4.90 Å². The van der Waals surface area contributed by atoms with Crippen molar-refractivity contribution >= 4 is 26.9 Å². The highest BCUT2D eigenvalue weighted by Gasteiger charge is 2.31. The van der Waals surface area contributed by atoms with E-state index in [2.05, 4.69) is 15.1 Å². The fourth-order valence-corrected chi connectivity index (χ4v) is 5.26. The van der Waals surface area contributed by atoms with Gasteiger partial charge < -0.3 is 4.90 Å². The molecule has 1 fully saturated rings. The molecule has 0 saturated carbocycles. The second-order valence-electron chi connectivity index (χ2n) is 7.15. The zero-order valence-electron chi connectivity index (χ0n) is 16.5. The Morgan fingerprint density at radius 2 is 1.58 bits per heavy atom. The van der Waals surface area contributed by atoms with Crippen LogP contribution in [0, 0.1) is 5.82 Å². The van der Waals surface area contributed by atoms with E-state index in [9.17, 15) is 12.8 Å². The summed E-state index contributed by atoms with van der Waals surface area (Å²) < 4.78 is 42.8. The van der Waals surface area contributed by atoms with Gasteiger partial charge in [-0.05, 0) is 24.3 Å². The molecule has 1 saturated heterocycles. The number of sulfonamides is 1. The minimum absolute atomic E-state index is 0.231. The molecule has 0 atom stereocenters. The highest BCUT2D eigenvalue weighted by atomic mass is 32.2. The van der Waals surface area contributed by atoms with Crippen LogP contribution in [0.15, 0.2) is 72.0 Å². The van der Waals surface area contributed by atoms with E-state index >= 15 is 0 Å². The van der Waals surface area contributed by atoms with Crippen LogP contribution in [0.3, 0.4) is 0 Å². The number of hydrogen-bond acceptors (Lipinski definition) is 6. The number of aromatic nitrogens is 4. The van der Waals surface area contributed by atoms with Gasteiger partial charge in [0.25, 0.3) is 0 Å². The van der Waals surface area contributed by atoms with E-state index < -0.39 is 15.8 Å². The summed E-state index contributed by atoms with van der Waals surface area (Å²) in [4.78, 5) is 10.5. The number of benzene rings is 2. The molecule has 1 aliphatic heterocycles. The van der Waals surface area contributed by atoms with Crippen LogP contribution >= 0.6 is 0 Å². The second-order valence-corrected chi connectivity index (χ2v) is 9.05. The lowest BCUT2D eigenvalue weighted by Gasteiger charge is -2.34. The Balaban J connectivity index is 1.40. The van der Waals surface area contributed by atoms with Crippen molar-refractivity contribution in [3.8, 4) is 5.69 Å². The summed E-state index contributed by atoms with van der Waals surface area (Å²) in [5.41, 5.74) is 1.57. The van der Waals surface area contributed by atoms with Crippen LogP contribution < -0.4 is 4.90 Å². The molecule has 0 spiro atoms. The molecule has 0 N–H and O–H groups in total. The molecule has 31 heavy (non-hydrogen) atoms. The molecule has 5 rings (SSSR count). The predicted octanol–water partition coefficient (Wildman–Crippen LogP) is 2.47. The molecule has 0 bridgehead atoms. The summed E-state index contributed by atoms with van der Waals surface area (Å²) in [6.07, 6.45) is 3.21. The van der Waals surface area contributed by atoms with Gasteiger partial charge in [-0.2, -0.15) is 9.40 Å². The zero-order valence-corrected chi connectivity index (χ0v) is 17.3. The standard InChI is InChI=1S/C21H19FN6O2S/c22-18-8-4-5-9-19(18)31(29,30)27-12-10-26(11-13-27)20-17-14-25-28(21(17)24-15-23-20)16-6-2-1-3-7-16/h1-9,14-15H,10-13H2. The molecule has 0 radical (unpaired) electrons. The molecular formula is C21H19FN6O2S. The molecule has 3 heterocycles. The minimum atomic E-state index is -3.89. The Labute approximate surface area is 178 Å². The van der Waals surface area contributed by atoms with E-state index in [4.69, 9.17) is 0 Å². The lowest BCUT2D eigenvalue weighted by Crippen LogP contribution is -2.49. The van der Waals surface area contributed by atoms with Crippen LogP contribution in [0.25, 0.3) is 16.7 Å². The molecule has 2 aromatic carbocycles. The average molecular weight is 438 g/mol. The third-order valence-electron chi connectivity index (χ3n) is 5.34. The number of para-hydroxylation sites is 1. The molecule has 4 aromatic rings. The van der Waals surface area contributed by atoms with Crippen LogP contribution in [0.2, 0.25) is 0 Å². The number of hydrogen-bond donors (Lipinski definition) is 0. The highest BCUT2D eigenvalue weighted by molar-refractivity contribution is 7.89. The van der Waals surface area contributed by atoms with Crippen molar-refractivity contribution in [2.75, 3.05) is 31.1 Å². The minimum Gasteiger partial charge on any atom is -0.353 e. The van der Waals surface area contributed by atoms with E-state index in [1.54, 1.807) is 10.9 Å². The fourth-order valence-electron chi connectivity index (χ4n) is 3.78. The van der Waals surface area contributed by atoms with Gasteiger partial charge in [0.1, 0.15) is 22.9 Å². The van der Waals surface area contributed by atoms with E-state index in [0.29, 0.717) is 24.6 Å². The number of halogens is 1. The molecule has 0 aliphatic carbocycles. The fraction of sp³-hybridized carbons (Fsp3) is 0.190. The summed E-state index contributed by atoms with van der Waals surface area (Å²) in [5.74, 6) is -0.0362. The van der Waals surface area contributed by atoms with Crippen molar-refractivity contribution in [3.63, 3.8) is 0 Å². The number of anilines is 1. The molecular weight excluding hydrogens is 419 g/mol. The number of fused-ring (bicyclic) bond motifs is 1. The lowest BCUT2D eigenvalue weighted by atomic mass is 10.3. The van der Waals surface area contributed by atoms with Crippen molar-refractivity contribution in [1.82, 2.24) is 24.1 Å². The summed E-state index contributed by atoms with van der Waals surface area (Å²) in [6.45, 7) is 1.32. The van der Waals surface area contributed by atoms with Gasteiger partial charge in [0, 0.05) is 26.2 Å². The quantitative estimate of drug-likeness (QED) is 0.487.